The molecule has 21 heavy (non-hydrogen) atoms. The molecular weight excluding hydrogens is 288 g/mol. The number of rotatable bonds is 6. The molecule has 1 aromatic carbocycles. The molecule has 7 heteroatoms. The molecule has 0 atom stereocenters. The van der Waals surface area contributed by atoms with Crippen molar-refractivity contribution < 1.29 is 8.42 Å². The first kappa shape index (κ1) is 15.3. The Bertz CT molecular complexity index is 689. The zero-order valence-corrected chi connectivity index (χ0v) is 12.5. The van der Waals surface area contributed by atoms with Crippen molar-refractivity contribution in [3.8, 4) is 0 Å². The lowest BCUT2D eigenvalue weighted by Crippen LogP contribution is -2.33. The molecule has 1 aromatic heterocycles. The van der Waals surface area contributed by atoms with E-state index in [1.165, 1.54) is 12.3 Å². The van der Waals surface area contributed by atoms with Gasteiger partial charge >= 0.3 is 0 Å². The van der Waals surface area contributed by atoms with E-state index in [-0.39, 0.29) is 17.3 Å². The lowest BCUT2D eigenvalue weighted by molar-refractivity contribution is 0.581. The lowest BCUT2D eigenvalue weighted by atomic mass is 10.3. The first-order valence-corrected chi connectivity index (χ1v) is 7.95. The number of anilines is 2. The number of nitrogen functional groups attached to an aromatic ring is 1. The predicted octanol–water partition coefficient (Wildman–Crippen LogP) is 1.08. The van der Waals surface area contributed by atoms with Crippen molar-refractivity contribution in [2.45, 2.75) is 4.90 Å². The fourth-order valence-electron chi connectivity index (χ4n) is 1.87. The van der Waals surface area contributed by atoms with E-state index < -0.39 is 10.0 Å². The van der Waals surface area contributed by atoms with Gasteiger partial charge < -0.3 is 10.6 Å². The van der Waals surface area contributed by atoms with Gasteiger partial charge in [0.15, 0.2) is 0 Å². The summed E-state index contributed by atoms with van der Waals surface area (Å²) in [5.74, 6) is 0.00131. The summed E-state index contributed by atoms with van der Waals surface area (Å²) < 4.78 is 26.8. The second kappa shape index (κ2) is 6.55. The average Bonchev–Trinajstić information content (AvgIpc) is 2.48. The van der Waals surface area contributed by atoms with Gasteiger partial charge in [-0.3, -0.25) is 0 Å². The van der Waals surface area contributed by atoms with Crippen molar-refractivity contribution in [2.75, 3.05) is 30.8 Å². The second-order valence-corrected chi connectivity index (χ2v) is 6.28. The van der Waals surface area contributed by atoms with Crippen LogP contribution in [0.25, 0.3) is 0 Å². The molecule has 0 bridgehead atoms. The van der Waals surface area contributed by atoms with Crippen molar-refractivity contribution in [3.05, 3.63) is 48.7 Å². The summed E-state index contributed by atoms with van der Waals surface area (Å²) in [6, 6.07) is 12.7. The molecule has 112 valence electrons. The van der Waals surface area contributed by atoms with Crippen LogP contribution in [-0.4, -0.2) is 33.5 Å². The minimum absolute atomic E-state index is 0.00131. The first-order valence-electron chi connectivity index (χ1n) is 6.47. The highest BCUT2D eigenvalue weighted by molar-refractivity contribution is 7.89. The monoisotopic (exact) mass is 306 g/mol. The Labute approximate surface area is 124 Å². The van der Waals surface area contributed by atoms with Gasteiger partial charge in [-0.1, -0.05) is 18.2 Å². The molecule has 2 rings (SSSR count). The van der Waals surface area contributed by atoms with Gasteiger partial charge in [-0.15, -0.1) is 0 Å². The zero-order chi connectivity index (χ0) is 15.3. The third kappa shape index (κ3) is 3.93. The third-order valence-corrected chi connectivity index (χ3v) is 4.53. The number of benzene rings is 1. The number of hydrogen-bond acceptors (Lipinski definition) is 5. The van der Waals surface area contributed by atoms with Gasteiger partial charge in [0, 0.05) is 32.0 Å². The summed E-state index contributed by atoms with van der Waals surface area (Å²) in [5.41, 5.74) is 6.61. The maximum atomic E-state index is 12.1. The SMILES string of the molecule is CN(CCNS(=O)(=O)c1cccnc1N)c1ccccc1. The van der Waals surface area contributed by atoms with Gasteiger partial charge in [-0.2, -0.15) is 0 Å². The van der Waals surface area contributed by atoms with E-state index in [2.05, 4.69) is 9.71 Å². The Morgan fingerprint density at radius 2 is 1.90 bits per heavy atom. The number of pyridine rings is 1. The fourth-order valence-corrected chi connectivity index (χ4v) is 2.97. The van der Waals surface area contributed by atoms with E-state index in [9.17, 15) is 8.42 Å². The topological polar surface area (TPSA) is 88.3 Å². The summed E-state index contributed by atoms with van der Waals surface area (Å²) in [6.45, 7) is 0.825. The Kier molecular flexibility index (Phi) is 4.77. The van der Waals surface area contributed by atoms with Crippen LogP contribution in [0.4, 0.5) is 11.5 Å². The zero-order valence-electron chi connectivity index (χ0n) is 11.7. The number of nitrogens with one attached hydrogen (secondary N) is 1. The maximum absolute atomic E-state index is 12.1. The lowest BCUT2D eigenvalue weighted by Gasteiger charge is -2.19. The van der Waals surface area contributed by atoms with Crippen LogP contribution >= 0.6 is 0 Å². The highest BCUT2D eigenvalue weighted by Gasteiger charge is 2.17. The number of hydrogen-bond donors (Lipinski definition) is 2. The van der Waals surface area contributed by atoms with Crippen LogP contribution in [0.5, 0.6) is 0 Å². The third-order valence-electron chi connectivity index (χ3n) is 3.03. The Morgan fingerprint density at radius 1 is 1.19 bits per heavy atom. The van der Waals surface area contributed by atoms with Crippen molar-refractivity contribution in [1.82, 2.24) is 9.71 Å². The minimum atomic E-state index is -3.63. The van der Waals surface area contributed by atoms with Crippen LogP contribution < -0.4 is 15.4 Å². The summed E-state index contributed by atoms with van der Waals surface area (Å²) in [5, 5.41) is 0. The number of sulfonamides is 1. The Balaban J connectivity index is 1.96. The summed E-state index contributed by atoms with van der Waals surface area (Å²) in [6.07, 6.45) is 1.46. The smallest absolute Gasteiger partial charge is 0.244 e. The molecular formula is C14H18N4O2S. The molecule has 0 spiro atoms. The van der Waals surface area contributed by atoms with E-state index in [1.807, 2.05) is 42.3 Å². The second-order valence-electron chi connectivity index (χ2n) is 4.54. The van der Waals surface area contributed by atoms with Gasteiger partial charge in [0.25, 0.3) is 0 Å². The van der Waals surface area contributed by atoms with Crippen LogP contribution in [0.3, 0.4) is 0 Å². The number of nitrogens with two attached hydrogens (primary N) is 1. The molecule has 0 radical (unpaired) electrons. The molecule has 0 aliphatic rings. The van der Waals surface area contributed by atoms with Gasteiger partial charge in [0.1, 0.15) is 10.7 Å². The Hall–Kier alpha value is -2.12. The standard InChI is InChI=1S/C14H18N4O2S/c1-18(12-6-3-2-4-7-12)11-10-17-21(19,20)13-8-5-9-16-14(13)15/h2-9,17H,10-11H2,1H3,(H2,15,16). The van der Waals surface area contributed by atoms with E-state index in [4.69, 9.17) is 5.73 Å². The summed E-state index contributed by atoms with van der Waals surface area (Å²) in [7, 11) is -1.73. The van der Waals surface area contributed by atoms with Gasteiger partial charge in [-0.05, 0) is 24.3 Å². The molecule has 0 saturated carbocycles. The molecule has 0 aliphatic heterocycles. The molecule has 0 aliphatic carbocycles. The average molecular weight is 306 g/mol. The van der Waals surface area contributed by atoms with Crippen molar-refractivity contribution in [3.63, 3.8) is 0 Å². The quantitative estimate of drug-likeness (QED) is 0.833. The van der Waals surface area contributed by atoms with Crippen LogP contribution in [-0.2, 0) is 10.0 Å². The molecule has 6 nitrogen and oxygen atoms in total. The van der Waals surface area contributed by atoms with Gasteiger partial charge in [0.05, 0.1) is 0 Å². The molecule has 0 unspecified atom stereocenters. The summed E-state index contributed by atoms with van der Waals surface area (Å²) >= 11 is 0. The number of nitrogens with zero attached hydrogens (tertiary/aromatic N) is 2. The largest absolute Gasteiger partial charge is 0.383 e. The van der Waals surface area contributed by atoms with Crippen LogP contribution in [0, 0.1) is 0 Å². The van der Waals surface area contributed by atoms with Crippen LogP contribution in [0.1, 0.15) is 0 Å². The normalized spacial score (nSPS) is 11.3. The molecule has 3 N–H and O–H groups in total. The van der Waals surface area contributed by atoms with E-state index in [0.717, 1.165) is 5.69 Å². The van der Waals surface area contributed by atoms with Gasteiger partial charge in [-0.25, -0.2) is 18.1 Å². The van der Waals surface area contributed by atoms with E-state index in [0.29, 0.717) is 6.54 Å². The fraction of sp³-hybridized carbons (Fsp3) is 0.214. The van der Waals surface area contributed by atoms with Gasteiger partial charge in [0.2, 0.25) is 10.0 Å². The molecule has 0 saturated heterocycles. The number of para-hydroxylation sites is 1. The van der Waals surface area contributed by atoms with Crippen molar-refractivity contribution >= 4 is 21.5 Å². The van der Waals surface area contributed by atoms with Crippen LogP contribution in [0.2, 0.25) is 0 Å². The maximum Gasteiger partial charge on any atom is 0.244 e. The molecule has 1 heterocycles. The van der Waals surface area contributed by atoms with Crippen molar-refractivity contribution in [2.24, 2.45) is 0 Å². The molecule has 2 aromatic rings. The first-order chi connectivity index (χ1) is 10.0. The van der Waals surface area contributed by atoms with Crippen LogP contribution in [0.15, 0.2) is 53.6 Å². The van der Waals surface area contributed by atoms with E-state index in [1.54, 1.807) is 6.07 Å². The summed E-state index contributed by atoms with van der Waals surface area (Å²) in [4.78, 5) is 5.76. The van der Waals surface area contributed by atoms with E-state index >= 15 is 0 Å². The highest BCUT2D eigenvalue weighted by Crippen LogP contribution is 2.14. The minimum Gasteiger partial charge on any atom is -0.383 e. The Morgan fingerprint density at radius 3 is 2.57 bits per heavy atom. The van der Waals surface area contributed by atoms with Crippen molar-refractivity contribution in [1.29, 1.82) is 0 Å². The number of aromatic nitrogens is 1. The predicted molar refractivity (Wildman–Crippen MR) is 83.5 cm³/mol. The molecule has 0 fully saturated rings. The highest BCUT2D eigenvalue weighted by atomic mass is 32.2. The molecule has 0 amide bonds. The number of likely N-dealkylation sites (N-methyl/N-ethyl adjacent to an activating group) is 1.